The van der Waals surface area contributed by atoms with Crippen molar-refractivity contribution in [3.8, 4) is 0 Å². The molecule has 1 atom stereocenters. The first-order chi connectivity index (χ1) is 7.70. The minimum Gasteiger partial charge on any atom is -0.456 e. The molecule has 1 aromatic rings. The van der Waals surface area contributed by atoms with E-state index in [1.807, 2.05) is 0 Å². The Morgan fingerprint density at radius 3 is 2.53 bits per heavy atom. The Morgan fingerprint density at radius 1 is 1.47 bits per heavy atom. The second-order valence-electron chi connectivity index (χ2n) is 4.62. The van der Waals surface area contributed by atoms with Gasteiger partial charge in [0.15, 0.2) is 11.2 Å². The van der Waals surface area contributed by atoms with E-state index in [4.69, 9.17) is 4.42 Å². The van der Waals surface area contributed by atoms with Gasteiger partial charge in [0, 0.05) is 12.1 Å². The number of hydrogen-bond acceptors (Lipinski definition) is 4. The number of hydrogen-bond donors (Lipinski definition) is 2. The molecule has 0 bridgehead atoms. The van der Waals surface area contributed by atoms with Crippen LogP contribution in [-0.2, 0) is 0 Å². The highest BCUT2D eigenvalue weighted by Gasteiger charge is 2.25. The molecule has 0 radical (unpaired) electrons. The molecule has 0 unspecified atom stereocenters. The van der Waals surface area contributed by atoms with Gasteiger partial charge in [0.1, 0.15) is 5.76 Å². The van der Waals surface area contributed by atoms with Crippen LogP contribution in [0.5, 0.6) is 0 Å². The van der Waals surface area contributed by atoms with Gasteiger partial charge >= 0.3 is 0 Å². The van der Waals surface area contributed by atoms with Crippen molar-refractivity contribution in [2.75, 3.05) is 0 Å². The first-order valence-corrected chi connectivity index (χ1v) is 5.35. The largest absolute Gasteiger partial charge is 0.456 e. The van der Waals surface area contributed by atoms with Crippen LogP contribution in [0.4, 0.5) is 0 Å². The maximum atomic E-state index is 11.8. The van der Waals surface area contributed by atoms with Crippen molar-refractivity contribution in [2.45, 2.75) is 39.3 Å². The predicted molar refractivity (Wildman–Crippen MR) is 62.9 cm³/mol. The van der Waals surface area contributed by atoms with Gasteiger partial charge in [-0.1, -0.05) is 0 Å². The smallest absolute Gasteiger partial charge is 0.287 e. The summed E-state index contributed by atoms with van der Waals surface area (Å²) in [5.41, 5.74) is -1.32. The molecule has 0 aliphatic rings. The summed E-state index contributed by atoms with van der Waals surface area (Å²) in [4.78, 5) is 23.0. The highest BCUT2D eigenvalue weighted by atomic mass is 16.3. The van der Waals surface area contributed by atoms with Gasteiger partial charge < -0.3 is 14.8 Å². The van der Waals surface area contributed by atoms with Gasteiger partial charge in [-0.2, -0.15) is 0 Å². The zero-order valence-corrected chi connectivity index (χ0v) is 10.4. The average Bonchev–Trinajstić information content (AvgIpc) is 2.14. The van der Waals surface area contributed by atoms with Gasteiger partial charge in [-0.15, -0.1) is 0 Å². The number of amides is 1. The summed E-state index contributed by atoms with van der Waals surface area (Å²) in [7, 11) is 0. The van der Waals surface area contributed by atoms with Crippen molar-refractivity contribution in [3.05, 3.63) is 33.9 Å². The summed E-state index contributed by atoms with van der Waals surface area (Å²) < 4.78 is 5.14. The lowest BCUT2D eigenvalue weighted by Gasteiger charge is -2.26. The Hall–Kier alpha value is -1.62. The van der Waals surface area contributed by atoms with E-state index in [0.29, 0.717) is 5.76 Å². The fourth-order valence-corrected chi connectivity index (χ4v) is 1.16. The zero-order chi connectivity index (χ0) is 13.2. The van der Waals surface area contributed by atoms with Gasteiger partial charge in [-0.05, 0) is 27.7 Å². The van der Waals surface area contributed by atoms with E-state index >= 15 is 0 Å². The molecule has 1 rings (SSSR count). The standard InChI is InChI=1S/C12H17NO4/c1-7-5-9(14)6-10(17-7)11(15)13-8(2)12(3,4)16/h5-6,8,16H,1-4H3,(H,13,15)/t8-/m0/s1. The predicted octanol–water partition coefficient (Wildman–Crippen LogP) is 0.837. The van der Waals surface area contributed by atoms with Crippen molar-refractivity contribution >= 4 is 5.91 Å². The van der Waals surface area contributed by atoms with E-state index in [1.165, 1.54) is 6.07 Å². The van der Waals surface area contributed by atoms with E-state index in [2.05, 4.69) is 5.32 Å². The second-order valence-corrected chi connectivity index (χ2v) is 4.62. The minimum absolute atomic E-state index is 0.0499. The summed E-state index contributed by atoms with van der Waals surface area (Å²) in [6, 6.07) is 1.97. The molecule has 1 aromatic heterocycles. The number of aryl methyl sites for hydroxylation is 1. The average molecular weight is 239 g/mol. The lowest BCUT2D eigenvalue weighted by Crippen LogP contribution is -2.47. The summed E-state index contributed by atoms with van der Waals surface area (Å²) in [6.07, 6.45) is 0. The molecule has 0 saturated carbocycles. The first-order valence-electron chi connectivity index (χ1n) is 5.35. The number of carbonyl (C=O) groups is 1. The van der Waals surface area contributed by atoms with Crippen molar-refractivity contribution in [1.29, 1.82) is 0 Å². The normalized spacial score (nSPS) is 13.2. The molecule has 0 aliphatic carbocycles. The van der Waals surface area contributed by atoms with E-state index in [9.17, 15) is 14.7 Å². The second kappa shape index (κ2) is 4.71. The zero-order valence-electron chi connectivity index (χ0n) is 10.4. The first kappa shape index (κ1) is 13.4. The van der Waals surface area contributed by atoms with Crippen LogP contribution in [0, 0.1) is 6.92 Å². The van der Waals surface area contributed by atoms with Crippen LogP contribution in [0.25, 0.3) is 0 Å². The van der Waals surface area contributed by atoms with Crippen LogP contribution in [-0.4, -0.2) is 22.7 Å². The lowest BCUT2D eigenvalue weighted by atomic mass is 10.0. The van der Waals surface area contributed by atoms with E-state index in [1.54, 1.807) is 27.7 Å². The van der Waals surface area contributed by atoms with Crippen LogP contribution >= 0.6 is 0 Å². The molecular formula is C12H17NO4. The topological polar surface area (TPSA) is 79.5 Å². The minimum atomic E-state index is -1.04. The number of rotatable bonds is 3. The van der Waals surface area contributed by atoms with Crippen LogP contribution < -0.4 is 10.7 Å². The Labute approximate surface area is 99.5 Å². The summed E-state index contributed by atoms with van der Waals surface area (Å²) in [5, 5.41) is 12.3. The Balaban J connectivity index is 2.87. The van der Waals surface area contributed by atoms with Crippen LogP contribution in [0.3, 0.4) is 0 Å². The van der Waals surface area contributed by atoms with Crippen molar-refractivity contribution in [1.82, 2.24) is 5.32 Å². The van der Waals surface area contributed by atoms with Crippen molar-refractivity contribution in [3.63, 3.8) is 0 Å². The van der Waals surface area contributed by atoms with Crippen molar-refractivity contribution < 1.29 is 14.3 Å². The van der Waals surface area contributed by atoms with E-state index in [0.717, 1.165) is 6.07 Å². The summed E-state index contributed by atoms with van der Waals surface area (Å²) in [5.74, 6) is -0.190. The SMILES string of the molecule is Cc1cc(=O)cc(C(=O)N[C@@H](C)C(C)(C)O)o1. The molecule has 0 spiro atoms. The molecule has 5 heteroatoms. The molecule has 5 nitrogen and oxygen atoms in total. The van der Waals surface area contributed by atoms with Crippen LogP contribution in [0.2, 0.25) is 0 Å². The fourth-order valence-electron chi connectivity index (χ4n) is 1.16. The molecule has 17 heavy (non-hydrogen) atoms. The third-order valence-electron chi connectivity index (χ3n) is 2.52. The monoisotopic (exact) mass is 239 g/mol. The molecule has 0 saturated heterocycles. The van der Waals surface area contributed by atoms with Gasteiger partial charge in [0.05, 0.1) is 11.6 Å². The quantitative estimate of drug-likeness (QED) is 0.819. The van der Waals surface area contributed by atoms with Crippen LogP contribution in [0.1, 0.15) is 37.1 Å². The van der Waals surface area contributed by atoms with Crippen LogP contribution in [0.15, 0.2) is 21.3 Å². The molecule has 2 N–H and O–H groups in total. The Bertz CT molecular complexity index is 470. The molecule has 0 aliphatic heterocycles. The number of aliphatic hydroxyl groups is 1. The van der Waals surface area contributed by atoms with Gasteiger partial charge in [0.25, 0.3) is 5.91 Å². The highest BCUT2D eigenvalue weighted by molar-refractivity contribution is 5.91. The molecule has 1 amide bonds. The summed E-state index contributed by atoms with van der Waals surface area (Å²) in [6.45, 7) is 6.44. The van der Waals surface area contributed by atoms with E-state index in [-0.39, 0.29) is 11.2 Å². The maximum absolute atomic E-state index is 11.8. The van der Waals surface area contributed by atoms with Gasteiger partial charge in [-0.3, -0.25) is 9.59 Å². The van der Waals surface area contributed by atoms with E-state index < -0.39 is 17.6 Å². The molecule has 0 aromatic carbocycles. The third-order valence-corrected chi connectivity index (χ3v) is 2.52. The number of nitrogens with one attached hydrogen (secondary N) is 1. The Kier molecular flexibility index (Phi) is 3.72. The fraction of sp³-hybridized carbons (Fsp3) is 0.500. The third kappa shape index (κ3) is 3.71. The van der Waals surface area contributed by atoms with Gasteiger partial charge in [-0.25, -0.2) is 0 Å². The maximum Gasteiger partial charge on any atom is 0.287 e. The number of carbonyl (C=O) groups excluding carboxylic acids is 1. The molecule has 94 valence electrons. The van der Waals surface area contributed by atoms with Crippen molar-refractivity contribution in [2.24, 2.45) is 0 Å². The lowest BCUT2D eigenvalue weighted by molar-refractivity contribution is 0.0400. The molecular weight excluding hydrogens is 222 g/mol. The van der Waals surface area contributed by atoms with Gasteiger partial charge in [0.2, 0.25) is 0 Å². The Morgan fingerprint density at radius 2 is 2.06 bits per heavy atom. The summed E-state index contributed by atoms with van der Waals surface area (Å²) >= 11 is 0. The molecule has 1 heterocycles. The molecule has 0 fully saturated rings. The highest BCUT2D eigenvalue weighted by Crippen LogP contribution is 2.09.